The molecule has 0 unspecified atom stereocenters. The molecule has 3 nitrogen and oxygen atoms in total. The first kappa shape index (κ1) is 9.29. The van der Waals surface area contributed by atoms with E-state index in [1.807, 2.05) is 0 Å². The molecule has 0 aliphatic carbocycles. The second-order valence-electron chi connectivity index (χ2n) is 2.30. The Morgan fingerprint density at radius 3 is 3.08 bits per heavy atom. The van der Waals surface area contributed by atoms with Gasteiger partial charge in [0.05, 0.1) is 6.61 Å². The maximum atomic E-state index is 5.78. The van der Waals surface area contributed by atoms with E-state index in [0.717, 1.165) is 6.42 Å². The van der Waals surface area contributed by atoms with Gasteiger partial charge in [-0.25, -0.2) is 0 Å². The van der Waals surface area contributed by atoms with Gasteiger partial charge in [0.2, 0.25) is 0 Å². The van der Waals surface area contributed by atoms with E-state index in [1.54, 1.807) is 18.5 Å². The molecule has 0 amide bonds. The number of pyridine rings is 1. The average Bonchev–Trinajstić information content (AvgIpc) is 2.09. The number of nitrogens with zero attached hydrogens (tertiary/aromatic N) is 1. The third-order valence-corrected chi connectivity index (χ3v) is 1.63. The van der Waals surface area contributed by atoms with Crippen LogP contribution in [0.3, 0.4) is 0 Å². The Labute approximate surface area is 76.5 Å². The van der Waals surface area contributed by atoms with Crippen LogP contribution in [0.1, 0.15) is 6.42 Å². The minimum absolute atomic E-state index is 0.537. The number of hydrogen-bond acceptors (Lipinski definition) is 3. The van der Waals surface area contributed by atoms with Gasteiger partial charge < -0.3 is 10.5 Å². The highest BCUT2D eigenvalue weighted by atomic mass is 35.5. The minimum atomic E-state index is 0.537. The Balaban J connectivity index is 2.46. The summed E-state index contributed by atoms with van der Waals surface area (Å²) in [6, 6.07) is 1.73. The highest BCUT2D eigenvalue weighted by molar-refractivity contribution is 6.31. The van der Waals surface area contributed by atoms with Crippen molar-refractivity contribution in [1.82, 2.24) is 4.98 Å². The summed E-state index contributed by atoms with van der Waals surface area (Å²) in [4.78, 5) is 3.84. The second-order valence-corrected chi connectivity index (χ2v) is 2.70. The zero-order valence-corrected chi connectivity index (χ0v) is 7.42. The van der Waals surface area contributed by atoms with E-state index in [9.17, 15) is 0 Å². The van der Waals surface area contributed by atoms with Gasteiger partial charge in [-0.2, -0.15) is 0 Å². The molecule has 0 aromatic carbocycles. The van der Waals surface area contributed by atoms with Crippen LogP contribution in [-0.2, 0) is 0 Å². The van der Waals surface area contributed by atoms with Gasteiger partial charge in [0.25, 0.3) is 0 Å². The van der Waals surface area contributed by atoms with E-state index >= 15 is 0 Å². The summed E-state index contributed by atoms with van der Waals surface area (Å²) in [6.07, 6.45) is 4.03. The first-order chi connectivity index (χ1) is 5.84. The summed E-state index contributed by atoms with van der Waals surface area (Å²) < 4.78 is 5.33. The van der Waals surface area contributed by atoms with Crippen molar-refractivity contribution in [1.29, 1.82) is 0 Å². The first-order valence-corrected chi connectivity index (χ1v) is 4.15. The summed E-state index contributed by atoms with van der Waals surface area (Å²) in [5.41, 5.74) is 5.31. The van der Waals surface area contributed by atoms with E-state index in [2.05, 4.69) is 4.98 Å². The van der Waals surface area contributed by atoms with Crippen molar-refractivity contribution in [2.45, 2.75) is 6.42 Å². The van der Waals surface area contributed by atoms with Crippen molar-refractivity contribution in [3.05, 3.63) is 23.5 Å². The highest BCUT2D eigenvalue weighted by Crippen LogP contribution is 2.21. The van der Waals surface area contributed by atoms with Crippen molar-refractivity contribution < 1.29 is 4.74 Å². The molecule has 0 saturated heterocycles. The van der Waals surface area contributed by atoms with E-state index in [4.69, 9.17) is 22.1 Å². The molecule has 0 saturated carbocycles. The number of halogens is 1. The summed E-state index contributed by atoms with van der Waals surface area (Å²) in [5, 5.41) is 0.537. The highest BCUT2D eigenvalue weighted by Gasteiger charge is 1.98. The van der Waals surface area contributed by atoms with Crippen LogP contribution >= 0.6 is 11.6 Å². The van der Waals surface area contributed by atoms with Crippen LogP contribution in [0.15, 0.2) is 18.5 Å². The molecule has 0 aliphatic rings. The molecule has 1 aromatic heterocycles. The second kappa shape index (κ2) is 4.95. The van der Waals surface area contributed by atoms with Crippen molar-refractivity contribution in [3.8, 4) is 5.75 Å². The Hall–Kier alpha value is -0.800. The number of aromatic nitrogens is 1. The van der Waals surface area contributed by atoms with E-state index in [-0.39, 0.29) is 0 Å². The molecule has 0 bridgehead atoms. The zero-order valence-electron chi connectivity index (χ0n) is 6.66. The lowest BCUT2D eigenvalue weighted by Gasteiger charge is -2.05. The van der Waals surface area contributed by atoms with E-state index < -0.39 is 0 Å². The molecule has 1 rings (SSSR count). The molecule has 0 spiro atoms. The van der Waals surface area contributed by atoms with Crippen molar-refractivity contribution in [2.75, 3.05) is 13.2 Å². The maximum absolute atomic E-state index is 5.78. The van der Waals surface area contributed by atoms with Gasteiger partial charge in [-0.1, -0.05) is 11.6 Å². The fourth-order valence-corrected chi connectivity index (χ4v) is 0.919. The fourth-order valence-electron chi connectivity index (χ4n) is 0.745. The van der Waals surface area contributed by atoms with Crippen LogP contribution in [0.25, 0.3) is 0 Å². The van der Waals surface area contributed by atoms with Crippen molar-refractivity contribution in [2.24, 2.45) is 5.73 Å². The van der Waals surface area contributed by atoms with Gasteiger partial charge in [0.1, 0.15) is 10.8 Å². The maximum Gasteiger partial charge on any atom is 0.140 e. The van der Waals surface area contributed by atoms with Gasteiger partial charge in [-0.05, 0) is 13.0 Å². The largest absolute Gasteiger partial charge is 0.492 e. The van der Waals surface area contributed by atoms with Crippen LogP contribution in [0.4, 0.5) is 0 Å². The third-order valence-electron chi connectivity index (χ3n) is 1.34. The van der Waals surface area contributed by atoms with Crippen LogP contribution in [0.2, 0.25) is 5.02 Å². The van der Waals surface area contributed by atoms with E-state index in [1.165, 1.54) is 0 Å². The summed E-state index contributed by atoms with van der Waals surface area (Å²) >= 11 is 5.78. The molecule has 12 heavy (non-hydrogen) atoms. The minimum Gasteiger partial charge on any atom is -0.492 e. The third kappa shape index (κ3) is 2.68. The number of hydrogen-bond donors (Lipinski definition) is 1. The number of ether oxygens (including phenoxy) is 1. The molecular weight excluding hydrogens is 176 g/mol. The molecule has 0 atom stereocenters. The van der Waals surface area contributed by atoms with Crippen LogP contribution in [-0.4, -0.2) is 18.1 Å². The summed E-state index contributed by atoms with van der Waals surface area (Å²) in [6.45, 7) is 1.23. The molecule has 0 aliphatic heterocycles. The van der Waals surface area contributed by atoms with Crippen LogP contribution in [0, 0.1) is 0 Å². The summed E-state index contributed by atoms with van der Waals surface area (Å²) in [7, 11) is 0. The predicted molar refractivity (Wildman–Crippen MR) is 48.4 cm³/mol. The molecule has 2 N–H and O–H groups in total. The number of rotatable bonds is 4. The Morgan fingerprint density at radius 2 is 2.42 bits per heavy atom. The molecule has 1 aromatic rings. The average molecular weight is 187 g/mol. The smallest absolute Gasteiger partial charge is 0.140 e. The van der Waals surface area contributed by atoms with Crippen LogP contribution < -0.4 is 10.5 Å². The summed E-state index contributed by atoms with van der Waals surface area (Å²) in [5.74, 6) is 0.667. The van der Waals surface area contributed by atoms with Gasteiger partial charge in [-0.15, -0.1) is 0 Å². The van der Waals surface area contributed by atoms with Crippen molar-refractivity contribution >= 4 is 11.6 Å². The van der Waals surface area contributed by atoms with Crippen molar-refractivity contribution in [3.63, 3.8) is 0 Å². The Kier molecular flexibility index (Phi) is 3.84. The lowest BCUT2D eigenvalue weighted by Crippen LogP contribution is -2.06. The quantitative estimate of drug-likeness (QED) is 0.725. The standard InChI is InChI=1S/C8H11ClN2O/c9-7-6-11-4-2-8(7)12-5-1-3-10/h2,4,6H,1,3,5,10H2. The predicted octanol–water partition coefficient (Wildman–Crippen LogP) is 1.46. The molecule has 66 valence electrons. The monoisotopic (exact) mass is 186 g/mol. The lowest BCUT2D eigenvalue weighted by atomic mass is 10.4. The lowest BCUT2D eigenvalue weighted by molar-refractivity contribution is 0.313. The van der Waals surface area contributed by atoms with Gasteiger partial charge in [-0.3, -0.25) is 4.98 Å². The molecule has 4 heteroatoms. The van der Waals surface area contributed by atoms with Crippen LogP contribution in [0.5, 0.6) is 5.75 Å². The molecule has 1 heterocycles. The van der Waals surface area contributed by atoms with Gasteiger partial charge in [0.15, 0.2) is 0 Å². The van der Waals surface area contributed by atoms with Gasteiger partial charge >= 0.3 is 0 Å². The molecule has 0 fully saturated rings. The fraction of sp³-hybridized carbons (Fsp3) is 0.375. The Bertz CT molecular complexity index is 242. The number of nitrogens with two attached hydrogens (primary N) is 1. The zero-order chi connectivity index (χ0) is 8.81. The van der Waals surface area contributed by atoms with Gasteiger partial charge in [0, 0.05) is 18.5 Å². The van der Waals surface area contributed by atoms with E-state index in [0.29, 0.717) is 23.9 Å². The topological polar surface area (TPSA) is 48.1 Å². The Morgan fingerprint density at radius 1 is 1.58 bits per heavy atom. The molecule has 0 radical (unpaired) electrons. The normalized spacial score (nSPS) is 9.83. The first-order valence-electron chi connectivity index (χ1n) is 3.77. The molecular formula is C8H11ClN2O. The SMILES string of the molecule is NCCCOc1ccncc1Cl.